The van der Waals surface area contributed by atoms with Gasteiger partial charge >= 0.3 is 12.1 Å². The molecule has 6 heterocycles. The molecule has 108 heavy (non-hydrogen) atoms. The predicted molar refractivity (Wildman–Crippen MR) is 391 cm³/mol. The summed E-state index contributed by atoms with van der Waals surface area (Å²) in [6, 6.07) is 12.6. The summed E-state index contributed by atoms with van der Waals surface area (Å²) in [4.78, 5) is 124. The van der Waals surface area contributed by atoms with Crippen LogP contribution in [0.25, 0.3) is 22.3 Å². The van der Waals surface area contributed by atoms with Crippen molar-refractivity contribution in [2.75, 3.05) is 164 Å². The number of imide groups is 1. The highest BCUT2D eigenvalue weighted by molar-refractivity contribution is 9.14. The van der Waals surface area contributed by atoms with Crippen molar-refractivity contribution in [2.24, 2.45) is 22.7 Å². The maximum Gasteiger partial charge on any atom is 0.510 e. The van der Waals surface area contributed by atoms with Crippen LogP contribution in [0, 0.1) is 17.4 Å². The number of cyclic esters (lactones) is 1. The van der Waals surface area contributed by atoms with E-state index in [-0.39, 0.29) is 109 Å². The highest BCUT2D eigenvalue weighted by atomic mass is 79.9. The number of nitrogens with two attached hydrogens (primary N) is 1. The van der Waals surface area contributed by atoms with E-state index < -0.39 is 60.3 Å². The van der Waals surface area contributed by atoms with Gasteiger partial charge in [0.15, 0.2) is 11.5 Å². The quantitative estimate of drug-likeness (QED) is 0.0120. The van der Waals surface area contributed by atoms with E-state index in [0.29, 0.717) is 190 Å². The number of nitrogens with one attached hydrogen (secondary N) is 6. The number of unbranched alkanes of at least 4 members (excludes halogenated alkanes) is 1. The zero-order chi connectivity index (χ0) is 76.6. The Hall–Kier alpha value is -8.40. The zero-order valence-corrected chi connectivity index (χ0v) is 63.4. The molecule has 2 aromatic heterocycles. The minimum absolute atomic E-state index is 0.0764. The molecule has 0 spiro atoms. The SMILES string of the molecule is CC[C@@]1(OC(=O)OCc2ccc(NC(=O)[C@H](CCCCN)NC(=O)COCC(=O)NCCOCCOCCOCCOCCOCCOCCOCCOCCN/C=C(/CNC(=O)C3CCC(CN4C(=O)C(Br)=C(Br)C4=O)CC3)N=N)cc2)C(=O)OCc2c1cc1n(c2=O)Cc2cc3cc4c(cc3nc2-1)OCO4. The molecule has 0 bridgehead atoms. The van der Waals surface area contributed by atoms with Crippen molar-refractivity contribution < 1.29 is 105 Å². The van der Waals surface area contributed by atoms with Gasteiger partial charge in [-0.15, -0.1) is 0 Å². The molecule has 0 saturated heterocycles. The molecule has 0 unspecified atom stereocenters. The molecule has 2 atom stereocenters. The van der Waals surface area contributed by atoms with E-state index in [1.165, 1.54) is 4.90 Å². The highest BCUT2D eigenvalue weighted by Crippen LogP contribution is 2.43. The van der Waals surface area contributed by atoms with Gasteiger partial charge < -0.3 is 103 Å². The number of aromatic nitrogens is 2. The number of fused-ring (bicyclic) bond motifs is 6. The third-order valence-corrected chi connectivity index (χ3v) is 20.0. The Kier molecular flexibility index (Phi) is 33.8. The molecule has 6 amide bonds. The van der Waals surface area contributed by atoms with Gasteiger partial charge in [0.2, 0.25) is 36.0 Å². The Morgan fingerprint density at radius 1 is 0.722 bits per heavy atom. The first-order valence-corrected chi connectivity index (χ1v) is 37.5. The molecule has 34 nitrogen and oxygen atoms in total. The average Bonchev–Trinajstić information content (AvgIpc) is 1.49. The molecule has 1 fully saturated rings. The number of hydrogen-bond donors (Lipinski definition) is 7. The minimum Gasteiger partial charge on any atom is -0.457 e. The largest absolute Gasteiger partial charge is 0.510 e. The Balaban J connectivity index is 0.522. The van der Waals surface area contributed by atoms with Crippen molar-refractivity contribution in [1.29, 1.82) is 5.53 Å². The van der Waals surface area contributed by atoms with Crippen molar-refractivity contribution in [3.63, 3.8) is 0 Å². The van der Waals surface area contributed by atoms with Crippen molar-refractivity contribution in [1.82, 2.24) is 35.7 Å². The standard InChI is InChI=1S/C72H93Br2N11O23/c1-2-72(54-35-57-64-50(40-84(57)67(90)53(54)42-104-70(72)93)33-49-34-58-59(107-45-106-58)36-56(49)82-64)108-71(94)105-41-47-8-12-51(13-9-47)80-66(89)55(5-3-4-14-75)81-61(87)44-103-43-60(86)78-16-18-96-20-22-98-24-26-100-28-30-102-32-31-101-29-27-99-25-23-97-21-19-95-17-15-77-37-52(83-76)38-79-65(88)48-10-6-46(7-11-48)39-85-68(91)62(73)63(74)69(85)92/h8-9,12-13,33-37,46,48,55,76-77H,2-7,10-11,14-32,38-45,75H2,1H3,(H,78,86)(H,79,88)(H,80,89)(H,81,87)/b52-37-,83-76?/t46?,48?,55-,72-/m0/s1. The summed E-state index contributed by atoms with van der Waals surface area (Å²) in [6.07, 6.45) is 4.44. The lowest BCUT2D eigenvalue weighted by atomic mass is 9.81. The number of nitrogens with zero attached hydrogens (tertiary/aromatic N) is 4. The monoisotopic (exact) mass is 1640 g/mol. The molecule has 0 radical (unpaired) electrons. The number of esters is 1. The lowest BCUT2D eigenvalue weighted by Gasteiger charge is -2.35. The molecule has 9 rings (SSSR count). The van der Waals surface area contributed by atoms with E-state index in [0.717, 1.165) is 23.8 Å². The zero-order valence-electron chi connectivity index (χ0n) is 60.2. The molecule has 5 aliphatic rings. The van der Waals surface area contributed by atoms with Crippen LogP contribution in [-0.2, 0) is 116 Å². The number of pyridine rings is 2. The number of amides is 6. The van der Waals surface area contributed by atoms with Gasteiger partial charge in [-0.2, -0.15) is 5.11 Å². The van der Waals surface area contributed by atoms with Crippen molar-refractivity contribution in [3.05, 3.63) is 102 Å². The molecule has 1 aliphatic carbocycles. The average molecular weight is 1640 g/mol. The summed E-state index contributed by atoms with van der Waals surface area (Å²) in [5, 5.41) is 18.3. The van der Waals surface area contributed by atoms with Gasteiger partial charge in [0.1, 0.15) is 41.4 Å². The topological polar surface area (TPSA) is 426 Å². The Morgan fingerprint density at radius 3 is 1.92 bits per heavy atom. The van der Waals surface area contributed by atoms with Crippen LogP contribution in [0.1, 0.15) is 80.5 Å². The van der Waals surface area contributed by atoms with Crippen LogP contribution >= 0.6 is 31.9 Å². The van der Waals surface area contributed by atoms with Crippen molar-refractivity contribution in [2.45, 2.75) is 89.7 Å². The van der Waals surface area contributed by atoms with Crippen LogP contribution in [0.15, 0.2) is 79.3 Å². The predicted octanol–water partition coefficient (Wildman–Crippen LogP) is 4.74. The van der Waals surface area contributed by atoms with E-state index in [4.69, 9.17) is 82.6 Å². The van der Waals surface area contributed by atoms with E-state index in [2.05, 4.69) is 63.6 Å². The fourth-order valence-electron chi connectivity index (χ4n) is 12.3. The molecular weight excluding hydrogens is 1550 g/mol. The summed E-state index contributed by atoms with van der Waals surface area (Å²) in [5.74, 6) is -2.18. The second-order valence-corrected chi connectivity index (χ2v) is 27.0. The normalized spacial score (nSPS) is 17.4. The van der Waals surface area contributed by atoms with Crippen molar-refractivity contribution >= 4 is 96.0 Å². The second-order valence-electron chi connectivity index (χ2n) is 25.4. The molecule has 4 aliphatic heterocycles. The summed E-state index contributed by atoms with van der Waals surface area (Å²) in [7, 11) is 0. The third kappa shape index (κ3) is 24.3. The van der Waals surface area contributed by atoms with E-state index in [9.17, 15) is 43.2 Å². The van der Waals surface area contributed by atoms with Gasteiger partial charge in [-0.25, -0.2) is 20.1 Å². The number of rotatable bonds is 49. The van der Waals surface area contributed by atoms with Crippen LogP contribution in [0.2, 0.25) is 0 Å². The molecular formula is C72H93Br2N11O23. The van der Waals surface area contributed by atoms with Crippen LogP contribution in [-0.4, -0.2) is 227 Å². The maximum absolute atomic E-state index is 14.0. The van der Waals surface area contributed by atoms with Crippen LogP contribution in [0.3, 0.4) is 0 Å². The van der Waals surface area contributed by atoms with E-state index >= 15 is 0 Å². The summed E-state index contributed by atoms with van der Waals surface area (Å²) >= 11 is 6.31. The molecule has 1 saturated carbocycles. The lowest BCUT2D eigenvalue weighted by Crippen LogP contribution is -2.47. The van der Waals surface area contributed by atoms with Gasteiger partial charge in [-0.05, 0) is 132 Å². The molecule has 4 aromatic rings. The van der Waals surface area contributed by atoms with Gasteiger partial charge in [0.25, 0.3) is 17.4 Å². The van der Waals surface area contributed by atoms with Crippen LogP contribution < -0.4 is 47.4 Å². The van der Waals surface area contributed by atoms with E-state index in [1.54, 1.807) is 54.1 Å². The second kappa shape index (κ2) is 43.7. The first-order chi connectivity index (χ1) is 52.5. The minimum atomic E-state index is -2.00. The first-order valence-electron chi connectivity index (χ1n) is 35.9. The fraction of sp³-hybridized carbons (Fsp3) is 0.556. The Labute approximate surface area is 639 Å². The number of benzene rings is 2. The number of ether oxygens (including phenoxy) is 14. The van der Waals surface area contributed by atoms with Crippen LogP contribution in [0.5, 0.6) is 11.5 Å². The van der Waals surface area contributed by atoms with Gasteiger partial charge in [0, 0.05) is 60.0 Å². The first kappa shape index (κ1) is 83.6. The summed E-state index contributed by atoms with van der Waals surface area (Å²) < 4.78 is 79.5. The number of carbonyl (C=O) groups excluding carboxylic acids is 8. The molecule has 36 heteroatoms. The number of halogens is 2. The van der Waals surface area contributed by atoms with Gasteiger partial charge in [0.05, 0.1) is 147 Å². The smallest absolute Gasteiger partial charge is 0.457 e. The Bertz CT molecular complexity index is 3870. The van der Waals surface area contributed by atoms with Gasteiger partial charge in [-0.3, -0.25) is 38.5 Å². The summed E-state index contributed by atoms with van der Waals surface area (Å²) in [6.45, 7) is 7.88. The fourth-order valence-corrected chi connectivity index (χ4v) is 13.0. The van der Waals surface area contributed by atoms with Crippen molar-refractivity contribution in [3.8, 4) is 22.9 Å². The lowest BCUT2D eigenvalue weighted by molar-refractivity contribution is -0.175. The van der Waals surface area contributed by atoms with Crippen LogP contribution in [0.4, 0.5) is 10.5 Å². The highest BCUT2D eigenvalue weighted by Gasteiger charge is 2.51. The molecule has 8 N–H and O–H groups in total. The third-order valence-electron chi connectivity index (χ3n) is 18.0. The molecule has 2 aromatic carbocycles. The molecule has 588 valence electrons. The van der Waals surface area contributed by atoms with Gasteiger partial charge in [-0.1, -0.05) is 19.1 Å². The Morgan fingerprint density at radius 2 is 1.31 bits per heavy atom. The summed E-state index contributed by atoms with van der Waals surface area (Å²) in [5.41, 5.74) is 14.7. The number of hydrogen-bond acceptors (Lipinski definition) is 28. The number of anilines is 1. The number of carbonyl (C=O) groups is 8. The van der Waals surface area contributed by atoms with E-state index in [1.807, 2.05) is 12.1 Å². The maximum atomic E-state index is 14.0.